The number of likely N-dealkylation sites (tertiary alicyclic amines) is 1. The molecule has 1 aliphatic rings. The topological polar surface area (TPSA) is 97.3 Å². The van der Waals surface area contributed by atoms with Gasteiger partial charge in [0.05, 0.1) is 17.4 Å². The Morgan fingerprint density at radius 3 is 2.65 bits per heavy atom. The second kappa shape index (κ2) is 9.72. The van der Waals surface area contributed by atoms with E-state index in [2.05, 4.69) is 14.9 Å². The fourth-order valence-electron chi connectivity index (χ4n) is 5.14. The fourth-order valence-corrected chi connectivity index (χ4v) is 5.14. The van der Waals surface area contributed by atoms with Crippen molar-refractivity contribution in [3.63, 3.8) is 0 Å². The van der Waals surface area contributed by atoms with Crippen molar-refractivity contribution >= 4 is 21.8 Å². The Labute approximate surface area is 213 Å². The van der Waals surface area contributed by atoms with Gasteiger partial charge >= 0.3 is 0 Å². The highest BCUT2D eigenvalue weighted by atomic mass is 16.5. The molecule has 2 aromatic carbocycles. The van der Waals surface area contributed by atoms with Gasteiger partial charge in [-0.2, -0.15) is 4.73 Å². The van der Waals surface area contributed by atoms with E-state index in [-0.39, 0.29) is 17.7 Å². The summed E-state index contributed by atoms with van der Waals surface area (Å²) >= 11 is 0. The van der Waals surface area contributed by atoms with E-state index in [1.807, 2.05) is 66.7 Å². The van der Waals surface area contributed by atoms with Gasteiger partial charge in [-0.05, 0) is 53.8 Å². The minimum atomic E-state index is -0.126. The average Bonchev–Trinajstić information content (AvgIpc) is 3.51. The molecule has 1 saturated heterocycles. The number of methoxy groups -OCH3 is 1. The van der Waals surface area contributed by atoms with E-state index in [4.69, 9.17) is 9.47 Å². The molecule has 2 atom stereocenters. The first-order valence-corrected chi connectivity index (χ1v) is 12.4. The van der Waals surface area contributed by atoms with Gasteiger partial charge in [0, 0.05) is 54.8 Å². The highest BCUT2D eigenvalue weighted by molar-refractivity contribution is 5.89. The Morgan fingerprint density at radius 2 is 1.81 bits per heavy atom. The maximum Gasteiger partial charge on any atom is 0.257 e. The van der Waals surface area contributed by atoms with Gasteiger partial charge in [-0.1, -0.05) is 18.2 Å². The number of benzene rings is 2. The zero-order valence-corrected chi connectivity index (χ0v) is 20.5. The Hall–Kier alpha value is -4.14. The first-order valence-electron chi connectivity index (χ1n) is 12.4. The lowest BCUT2D eigenvalue weighted by molar-refractivity contribution is -0.605. The van der Waals surface area contributed by atoms with Crippen molar-refractivity contribution in [3.05, 3.63) is 100 Å². The number of hydrogen-bond acceptors (Lipinski definition) is 5. The standard InChI is InChI=1S/C29H28N4O4/c1-36-24-15-22(32(17-24)16-19-8-10-33(35)11-9-19)18-37-23-6-7-27-21(12-23)14-28(30-27)25-13-20-4-2-3-5-26(20)31-29(25)34/h2-14,22,24,30H,15-18H2,1H3,(H,31,34)/t22-,24-/m1/s1. The third kappa shape index (κ3) is 4.81. The number of aromatic nitrogens is 3. The smallest absolute Gasteiger partial charge is 0.257 e. The van der Waals surface area contributed by atoms with Crippen LogP contribution in [0.3, 0.4) is 0 Å². The Kier molecular flexibility index (Phi) is 6.12. The number of para-hydroxylation sites is 1. The lowest BCUT2D eigenvalue weighted by atomic mass is 10.1. The Morgan fingerprint density at radius 1 is 1.00 bits per heavy atom. The average molecular weight is 497 g/mol. The second-order valence-corrected chi connectivity index (χ2v) is 9.59. The number of rotatable bonds is 7. The molecule has 8 heteroatoms. The maximum absolute atomic E-state index is 12.7. The van der Waals surface area contributed by atoms with Gasteiger partial charge in [0.15, 0.2) is 12.4 Å². The van der Waals surface area contributed by atoms with Crippen LogP contribution in [-0.2, 0) is 11.3 Å². The normalized spacial score (nSPS) is 18.1. The third-order valence-corrected chi connectivity index (χ3v) is 7.16. The van der Waals surface area contributed by atoms with Crippen molar-refractivity contribution in [2.24, 2.45) is 0 Å². The Balaban J connectivity index is 1.19. The van der Waals surface area contributed by atoms with Crippen LogP contribution in [0, 0.1) is 5.21 Å². The van der Waals surface area contributed by atoms with E-state index in [1.165, 1.54) is 12.4 Å². The molecule has 3 aromatic heterocycles. The minimum Gasteiger partial charge on any atom is -0.619 e. The monoisotopic (exact) mass is 496 g/mol. The van der Waals surface area contributed by atoms with Gasteiger partial charge in [-0.25, -0.2) is 0 Å². The van der Waals surface area contributed by atoms with E-state index < -0.39 is 0 Å². The molecule has 1 aliphatic heterocycles. The number of ether oxygens (including phenoxy) is 2. The molecule has 6 rings (SSSR count). The summed E-state index contributed by atoms with van der Waals surface area (Å²) in [6.45, 7) is 2.08. The molecule has 2 N–H and O–H groups in total. The molecule has 0 aliphatic carbocycles. The molecule has 0 saturated carbocycles. The minimum absolute atomic E-state index is 0.126. The third-order valence-electron chi connectivity index (χ3n) is 7.16. The number of H-pyrrole nitrogens is 2. The van der Waals surface area contributed by atoms with Crippen LogP contribution >= 0.6 is 0 Å². The molecular formula is C29H28N4O4. The number of aromatic amines is 2. The zero-order chi connectivity index (χ0) is 25.4. The van der Waals surface area contributed by atoms with Crippen LogP contribution in [0.2, 0.25) is 0 Å². The Bertz CT molecular complexity index is 1610. The first-order chi connectivity index (χ1) is 18.1. The summed E-state index contributed by atoms with van der Waals surface area (Å²) in [5.41, 5.74) is 4.09. The summed E-state index contributed by atoms with van der Waals surface area (Å²) in [4.78, 5) is 21.4. The summed E-state index contributed by atoms with van der Waals surface area (Å²) in [5, 5.41) is 13.3. The SMILES string of the molecule is CO[C@@H]1C[C@H](COc2ccc3[nH]c(-c4cc5ccccc5[nH]c4=O)cc3c2)N(Cc2cc[n+]([O-])cc2)C1. The van der Waals surface area contributed by atoms with Crippen molar-refractivity contribution in [3.8, 4) is 17.0 Å². The van der Waals surface area contributed by atoms with E-state index >= 15 is 0 Å². The van der Waals surface area contributed by atoms with E-state index in [9.17, 15) is 10.0 Å². The number of pyridine rings is 2. The largest absolute Gasteiger partial charge is 0.619 e. The van der Waals surface area contributed by atoms with Crippen molar-refractivity contribution in [2.45, 2.75) is 25.1 Å². The van der Waals surface area contributed by atoms with Crippen LogP contribution in [0.25, 0.3) is 33.1 Å². The molecule has 0 spiro atoms. The van der Waals surface area contributed by atoms with Crippen LogP contribution in [0.1, 0.15) is 12.0 Å². The summed E-state index contributed by atoms with van der Waals surface area (Å²) < 4.78 is 12.7. The van der Waals surface area contributed by atoms with Crippen molar-refractivity contribution < 1.29 is 14.2 Å². The molecule has 0 amide bonds. The van der Waals surface area contributed by atoms with E-state index in [1.54, 1.807) is 7.11 Å². The summed E-state index contributed by atoms with van der Waals surface area (Å²) in [6, 6.07) is 21.5. The predicted octanol–water partition coefficient (Wildman–Crippen LogP) is 3.98. The zero-order valence-electron chi connectivity index (χ0n) is 20.5. The van der Waals surface area contributed by atoms with Crippen LogP contribution in [-0.4, -0.2) is 47.3 Å². The lowest BCUT2D eigenvalue weighted by Crippen LogP contribution is -2.34. The highest BCUT2D eigenvalue weighted by Crippen LogP contribution is 2.28. The number of hydrogen-bond donors (Lipinski definition) is 2. The molecule has 8 nitrogen and oxygen atoms in total. The van der Waals surface area contributed by atoms with Crippen LogP contribution in [0.15, 0.2) is 83.9 Å². The van der Waals surface area contributed by atoms with Gasteiger partial charge in [-0.3, -0.25) is 9.69 Å². The summed E-state index contributed by atoms with van der Waals surface area (Å²) in [5.74, 6) is 0.776. The first kappa shape index (κ1) is 23.3. The fraction of sp³-hybridized carbons (Fsp3) is 0.241. The molecule has 37 heavy (non-hydrogen) atoms. The van der Waals surface area contributed by atoms with Crippen molar-refractivity contribution in [1.29, 1.82) is 0 Å². The van der Waals surface area contributed by atoms with Gasteiger partial charge in [0.25, 0.3) is 5.56 Å². The summed E-state index contributed by atoms with van der Waals surface area (Å²) in [6.07, 6.45) is 4.08. The van der Waals surface area contributed by atoms with Gasteiger partial charge in [0.1, 0.15) is 12.4 Å². The van der Waals surface area contributed by atoms with E-state index in [0.29, 0.717) is 12.2 Å². The van der Waals surface area contributed by atoms with Crippen molar-refractivity contribution in [1.82, 2.24) is 14.9 Å². The molecule has 5 aromatic rings. The molecule has 188 valence electrons. The van der Waals surface area contributed by atoms with Crippen LogP contribution in [0.5, 0.6) is 5.75 Å². The predicted molar refractivity (Wildman–Crippen MR) is 142 cm³/mol. The van der Waals surface area contributed by atoms with Crippen LogP contribution in [0.4, 0.5) is 0 Å². The highest BCUT2D eigenvalue weighted by Gasteiger charge is 2.32. The molecule has 0 bridgehead atoms. The van der Waals surface area contributed by atoms with Gasteiger partial charge in [-0.15, -0.1) is 0 Å². The number of fused-ring (bicyclic) bond motifs is 2. The molecular weight excluding hydrogens is 468 g/mol. The quantitative estimate of drug-likeness (QED) is 0.262. The number of nitrogens with one attached hydrogen (secondary N) is 2. The van der Waals surface area contributed by atoms with Gasteiger partial charge in [0.2, 0.25) is 0 Å². The van der Waals surface area contributed by atoms with Gasteiger partial charge < -0.3 is 24.6 Å². The molecule has 0 radical (unpaired) electrons. The lowest BCUT2D eigenvalue weighted by Gasteiger charge is -2.24. The number of nitrogens with zero attached hydrogens (tertiary/aromatic N) is 2. The molecule has 0 unspecified atom stereocenters. The maximum atomic E-state index is 12.7. The van der Waals surface area contributed by atoms with Crippen LogP contribution < -0.4 is 15.0 Å². The molecule has 1 fully saturated rings. The molecule has 4 heterocycles. The van der Waals surface area contributed by atoms with Crippen molar-refractivity contribution in [2.75, 3.05) is 20.3 Å². The van der Waals surface area contributed by atoms with E-state index in [0.717, 1.165) is 63.1 Å². The second-order valence-electron chi connectivity index (χ2n) is 9.59. The summed E-state index contributed by atoms with van der Waals surface area (Å²) in [7, 11) is 1.74.